The van der Waals surface area contributed by atoms with Crippen LogP contribution in [0.4, 0.5) is 21.2 Å². The van der Waals surface area contributed by atoms with Crippen LogP contribution in [-0.4, -0.2) is 38.9 Å². The monoisotopic (exact) mass is 451 g/mol. The maximum Gasteiger partial charge on any atom is 0.229 e. The van der Waals surface area contributed by atoms with E-state index in [4.69, 9.17) is 0 Å². The highest BCUT2D eigenvalue weighted by Gasteiger charge is 2.45. The van der Waals surface area contributed by atoms with Crippen molar-refractivity contribution in [3.8, 4) is 6.07 Å². The van der Waals surface area contributed by atoms with Gasteiger partial charge in [0.2, 0.25) is 11.9 Å². The van der Waals surface area contributed by atoms with Crippen molar-refractivity contribution in [1.29, 1.82) is 5.26 Å². The van der Waals surface area contributed by atoms with Gasteiger partial charge in [-0.2, -0.15) is 14.6 Å². The molecule has 1 aromatic carbocycles. The highest BCUT2D eigenvalue weighted by Crippen LogP contribution is 2.32. The second-order valence-corrected chi connectivity index (χ2v) is 8.75. The van der Waals surface area contributed by atoms with Gasteiger partial charge in [0.25, 0.3) is 0 Å². The van der Waals surface area contributed by atoms with Crippen molar-refractivity contribution in [2.24, 2.45) is 0 Å². The van der Waals surface area contributed by atoms with Gasteiger partial charge in [-0.1, -0.05) is 18.2 Å². The number of nitrogens with one attached hydrogen (secondary N) is 2. The van der Waals surface area contributed by atoms with E-state index in [1.807, 2.05) is 24.8 Å². The Morgan fingerprint density at radius 1 is 1.34 bits per heavy atom. The molecule has 0 atom stereocenters. The predicted octanol–water partition coefficient (Wildman–Crippen LogP) is 3.26. The highest BCUT2D eigenvalue weighted by atomic mass is 32.1. The Kier molecular flexibility index (Phi) is 6.01. The van der Waals surface area contributed by atoms with Crippen molar-refractivity contribution in [2.75, 3.05) is 23.3 Å². The maximum atomic E-state index is 13.9. The van der Waals surface area contributed by atoms with Gasteiger partial charge < -0.3 is 15.5 Å². The smallest absolute Gasteiger partial charge is 0.229 e. The van der Waals surface area contributed by atoms with Crippen molar-refractivity contribution in [2.45, 2.75) is 32.2 Å². The summed E-state index contributed by atoms with van der Waals surface area (Å²) in [5.74, 6) is 0.462. The molecule has 0 saturated carbocycles. The van der Waals surface area contributed by atoms with Crippen LogP contribution in [0.5, 0.6) is 0 Å². The molecule has 3 aromatic rings. The lowest BCUT2D eigenvalue weighted by Gasteiger charge is -2.50. The van der Waals surface area contributed by atoms with Gasteiger partial charge in [0.05, 0.1) is 30.1 Å². The summed E-state index contributed by atoms with van der Waals surface area (Å²) >= 11 is 1.33. The van der Waals surface area contributed by atoms with Gasteiger partial charge >= 0.3 is 0 Å². The van der Waals surface area contributed by atoms with E-state index in [1.165, 1.54) is 17.6 Å². The van der Waals surface area contributed by atoms with Crippen LogP contribution in [-0.2, 0) is 11.2 Å². The number of nitrogens with zero attached hydrogens (tertiary/aromatic N) is 5. The average molecular weight is 452 g/mol. The molecule has 8 nitrogen and oxygen atoms in total. The first-order chi connectivity index (χ1) is 15.4. The lowest BCUT2D eigenvalue weighted by atomic mass is 9.86. The number of rotatable bonds is 7. The number of aromatic nitrogens is 3. The summed E-state index contributed by atoms with van der Waals surface area (Å²) in [4.78, 5) is 23.5. The fourth-order valence-corrected chi connectivity index (χ4v) is 4.38. The number of carbonyl (C=O) groups is 1. The number of carbonyl (C=O) groups excluding carboxylic acids is 1. The van der Waals surface area contributed by atoms with Gasteiger partial charge in [0, 0.05) is 24.8 Å². The molecule has 0 aliphatic carbocycles. The number of amides is 1. The largest absolute Gasteiger partial charge is 0.351 e. The van der Waals surface area contributed by atoms with E-state index in [9.17, 15) is 14.4 Å². The minimum absolute atomic E-state index is 0.0747. The van der Waals surface area contributed by atoms with Crippen LogP contribution in [0.2, 0.25) is 0 Å². The minimum atomic E-state index is -0.698. The molecule has 0 spiro atoms. The van der Waals surface area contributed by atoms with E-state index in [1.54, 1.807) is 24.4 Å². The first kappa shape index (κ1) is 21.6. The first-order valence-electron chi connectivity index (χ1n) is 10.1. The lowest BCUT2D eigenvalue weighted by molar-refractivity contribution is -0.122. The Hall–Kier alpha value is -3.58. The molecule has 1 fully saturated rings. The Labute approximate surface area is 189 Å². The third-order valence-electron chi connectivity index (χ3n) is 5.23. The number of hydrogen-bond acceptors (Lipinski definition) is 8. The number of aryl methyl sites for hydroxylation is 2. The van der Waals surface area contributed by atoms with Gasteiger partial charge in [-0.15, -0.1) is 0 Å². The molecule has 1 aliphatic rings. The molecule has 0 unspecified atom stereocenters. The highest BCUT2D eigenvalue weighted by molar-refractivity contribution is 7.10. The van der Waals surface area contributed by atoms with Crippen LogP contribution >= 0.6 is 11.5 Å². The average Bonchev–Trinajstić information content (AvgIpc) is 3.14. The summed E-state index contributed by atoms with van der Waals surface area (Å²) in [6, 6.07) is 10.3. The normalized spacial score (nSPS) is 14.4. The third kappa shape index (κ3) is 4.68. The zero-order valence-electron chi connectivity index (χ0n) is 17.7. The summed E-state index contributed by atoms with van der Waals surface area (Å²) in [5, 5.41) is 16.3. The number of halogens is 1. The summed E-state index contributed by atoms with van der Waals surface area (Å²) in [6.07, 6.45) is 1.82. The number of benzene rings is 1. The fraction of sp³-hybridized carbons (Fsp3) is 0.318. The van der Waals surface area contributed by atoms with Crippen LogP contribution < -0.4 is 15.5 Å². The number of anilines is 3. The second-order valence-electron chi connectivity index (χ2n) is 7.95. The second kappa shape index (κ2) is 8.88. The van der Waals surface area contributed by atoms with E-state index in [0.29, 0.717) is 24.6 Å². The molecule has 0 radical (unpaired) electrons. The molecule has 2 aromatic heterocycles. The van der Waals surface area contributed by atoms with Crippen LogP contribution in [0.15, 0.2) is 36.5 Å². The summed E-state index contributed by atoms with van der Waals surface area (Å²) in [6.45, 7) is 4.69. The zero-order chi connectivity index (χ0) is 22.7. The molecule has 2 N–H and O–H groups in total. The van der Waals surface area contributed by atoms with Crippen molar-refractivity contribution < 1.29 is 9.18 Å². The van der Waals surface area contributed by atoms with Crippen molar-refractivity contribution in [3.05, 3.63) is 59.2 Å². The van der Waals surface area contributed by atoms with Crippen LogP contribution in [0.1, 0.15) is 23.2 Å². The predicted molar refractivity (Wildman–Crippen MR) is 120 cm³/mol. The Bertz CT molecular complexity index is 1180. The Morgan fingerprint density at radius 2 is 2.12 bits per heavy atom. The standard InChI is InChI=1S/C22H22FN7OS/c1-14-11-25-21(26-19-9-15(2)29-32-19)27-20(14)30-12-22(13-30,7-8-24)28-18(31)10-16-5-3-4-6-17(16)23/h3-6,9,11H,7,10,12-13H2,1-2H3,(H,28,31)(H,25,26,27). The Balaban J connectivity index is 1.44. The molecular formula is C22H22FN7OS. The van der Waals surface area contributed by atoms with Gasteiger partial charge in [-0.25, -0.2) is 9.37 Å². The molecule has 32 heavy (non-hydrogen) atoms. The van der Waals surface area contributed by atoms with Crippen molar-refractivity contribution in [3.63, 3.8) is 0 Å². The van der Waals surface area contributed by atoms with E-state index in [0.717, 1.165) is 22.1 Å². The number of hydrogen-bond donors (Lipinski definition) is 2. The fourth-order valence-electron chi connectivity index (χ4n) is 3.72. The van der Waals surface area contributed by atoms with Gasteiger partial charge in [0.15, 0.2) is 0 Å². The minimum Gasteiger partial charge on any atom is -0.351 e. The molecule has 1 saturated heterocycles. The molecular weight excluding hydrogens is 429 g/mol. The number of nitriles is 1. The first-order valence-corrected chi connectivity index (χ1v) is 10.9. The lowest BCUT2D eigenvalue weighted by Crippen LogP contribution is -2.70. The van der Waals surface area contributed by atoms with Crippen LogP contribution in [0, 0.1) is 31.0 Å². The summed E-state index contributed by atoms with van der Waals surface area (Å²) < 4.78 is 18.1. The van der Waals surface area contributed by atoms with E-state index < -0.39 is 11.4 Å². The molecule has 10 heteroatoms. The van der Waals surface area contributed by atoms with E-state index >= 15 is 0 Å². The third-order valence-corrected chi connectivity index (χ3v) is 6.02. The molecule has 164 valence electrons. The van der Waals surface area contributed by atoms with Gasteiger partial charge in [-0.05, 0) is 43.1 Å². The van der Waals surface area contributed by atoms with Crippen LogP contribution in [0.3, 0.4) is 0 Å². The molecule has 4 rings (SSSR count). The van der Waals surface area contributed by atoms with E-state index in [-0.39, 0.29) is 18.7 Å². The topological polar surface area (TPSA) is 107 Å². The van der Waals surface area contributed by atoms with Crippen LogP contribution in [0.25, 0.3) is 0 Å². The van der Waals surface area contributed by atoms with Crippen molar-refractivity contribution >= 4 is 34.2 Å². The van der Waals surface area contributed by atoms with Crippen molar-refractivity contribution in [1.82, 2.24) is 19.7 Å². The quantitative estimate of drug-likeness (QED) is 0.568. The maximum absolute atomic E-state index is 13.9. The molecule has 1 amide bonds. The molecule has 3 heterocycles. The summed E-state index contributed by atoms with van der Waals surface area (Å²) in [7, 11) is 0. The SMILES string of the molecule is Cc1cc(Nc2ncc(C)c(N3CC(CC#N)(NC(=O)Cc4ccccc4F)C3)n2)sn1. The molecule has 1 aliphatic heterocycles. The Morgan fingerprint density at radius 3 is 2.81 bits per heavy atom. The zero-order valence-corrected chi connectivity index (χ0v) is 18.5. The van der Waals surface area contributed by atoms with Gasteiger partial charge in [-0.3, -0.25) is 4.79 Å². The molecule has 0 bridgehead atoms. The van der Waals surface area contributed by atoms with E-state index in [2.05, 4.69) is 31.0 Å². The van der Waals surface area contributed by atoms with Gasteiger partial charge in [0.1, 0.15) is 16.6 Å². The summed E-state index contributed by atoms with van der Waals surface area (Å²) in [5.41, 5.74) is 1.44.